The molecule has 6 rings (SSSR count). The lowest BCUT2D eigenvalue weighted by Gasteiger charge is -2.44. The molecule has 0 spiro atoms. The van der Waals surface area contributed by atoms with Crippen LogP contribution in [-0.2, 0) is 18.2 Å². The van der Waals surface area contributed by atoms with Crippen molar-refractivity contribution in [1.82, 2.24) is 0 Å². The number of aryl methyl sites for hydroxylation is 2. The molecule has 0 fully saturated rings. The minimum absolute atomic E-state index is 0.336. The molecule has 328 valence electrons. The van der Waals surface area contributed by atoms with Crippen molar-refractivity contribution < 1.29 is 92.9 Å². The van der Waals surface area contributed by atoms with Gasteiger partial charge in [0.2, 0.25) is 0 Å². The summed E-state index contributed by atoms with van der Waals surface area (Å²) < 4.78 is 294. The van der Waals surface area contributed by atoms with Gasteiger partial charge >= 0.3 is 0 Å². The van der Waals surface area contributed by atoms with Gasteiger partial charge in [0.25, 0.3) is 0 Å². The third-order valence-corrected chi connectivity index (χ3v) is 10.4. The van der Waals surface area contributed by atoms with Crippen molar-refractivity contribution in [2.45, 2.75) is 18.2 Å². The third kappa shape index (κ3) is 7.78. The van der Waals surface area contributed by atoms with E-state index in [1.54, 1.807) is 12.1 Å². The fourth-order valence-electron chi connectivity index (χ4n) is 6.61. The number of hydrogen-bond donors (Lipinski definition) is 1. The minimum atomic E-state index is -7.22. The van der Waals surface area contributed by atoms with Gasteiger partial charge in [0, 0.05) is 18.2 Å². The second kappa shape index (κ2) is 17.9. The number of phenols is 1. The summed E-state index contributed by atoms with van der Waals surface area (Å²) in [5.41, 5.74) is -11.6. The summed E-state index contributed by atoms with van der Waals surface area (Å²) in [5, 5.41) is 9.19. The molecule has 0 amide bonds. The average molecular weight is 924 g/mol. The van der Waals surface area contributed by atoms with Gasteiger partial charge in [0.1, 0.15) is 64.2 Å². The van der Waals surface area contributed by atoms with Crippen molar-refractivity contribution in [3.05, 3.63) is 176 Å². The molecule has 0 heterocycles. The van der Waals surface area contributed by atoms with Crippen LogP contribution in [-0.4, -0.2) is 17.0 Å². The monoisotopic (exact) mass is 924 g/mol. The molecule has 62 heavy (non-hydrogen) atoms. The molecule has 0 unspecified atom stereocenters. The summed E-state index contributed by atoms with van der Waals surface area (Å²) in [7, 11) is 0. The molecule has 0 aliphatic rings. The maximum absolute atomic E-state index is 15.4. The van der Waals surface area contributed by atoms with Crippen LogP contribution >= 0.6 is 0 Å². The van der Waals surface area contributed by atoms with Crippen molar-refractivity contribution >= 4 is 39.8 Å². The maximum atomic E-state index is 15.4. The van der Waals surface area contributed by atoms with E-state index < -0.39 is 144 Å². The number of benzene rings is 6. The Morgan fingerprint density at radius 2 is 0.661 bits per heavy atom. The molecular weight excluding hydrogens is 907 g/mol. The molecule has 6 aromatic rings. The minimum Gasteiger partial charge on any atom is -0.508 e. The van der Waals surface area contributed by atoms with E-state index in [-0.39, 0.29) is 0 Å². The zero-order chi connectivity index (χ0) is 46.4. The summed E-state index contributed by atoms with van der Waals surface area (Å²) in [6, 6.07) is 16.1. The van der Waals surface area contributed by atoms with Crippen LogP contribution in [0, 0.1) is 123 Å². The number of thiol groups is 1. The molecule has 0 aliphatic carbocycles. The van der Waals surface area contributed by atoms with Crippen molar-refractivity contribution in [3.8, 4) is 5.75 Å². The van der Waals surface area contributed by atoms with Gasteiger partial charge < -0.3 is 5.11 Å². The highest BCUT2D eigenvalue weighted by atomic mass is 32.2. The van der Waals surface area contributed by atoms with E-state index in [1.807, 2.05) is 12.1 Å². The van der Waals surface area contributed by atoms with Crippen LogP contribution in [0.2, 0.25) is 0 Å². The molecule has 1 nitrogen and oxygen atoms in total. The Hall–Kier alpha value is -5.87. The Morgan fingerprint density at radius 1 is 0.387 bits per heavy atom. The first-order chi connectivity index (χ1) is 28.9. The van der Waals surface area contributed by atoms with E-state index in [0.29, 0.717) is 5.75 Å². The molecule has 23 heteroatoms. The molecule has 6 aromatic carbocycles. The molecular formula is C39H17BF20OS. The Labute approximate surface area is 338 Å². The maximum Gasteiger partial charge on any atom is 0.200 e. The van der Waals surface area contributed by atoms with Gasteiger partial charge in [-0.25, -0.2) is 87.8 Å². The highest BCUT2D eigenvalue weighted by Crippen LogP contribution is 2.31. The molecule has 0 aliphatic heterocycles. The molecule has 0 saturated carbocycles. The second-order valence-corrected chi connectivity index (χ2v) is 14.2. The number of halogens is 20. The lowest BCUT2D eigenvalue weighted by atomic mass is 9.12. The fraction of sp³-hybridized carbons (Fsp3) is 0.0769. The molecule has 0 bridgehead atoms. The zero-order valence-corrected chi connectivity index (χ0v) is 31.0. The van der Waals surface area contributed by atoms with E-state index in [2.05, 4.69) is 31.2 Å². The van der Waals surface area contributed by atoms with Crippen molar-refractivity contribution in [1.29, 1.82) is 0 Å². The van der Waals surface area contributed by atoms with Crippen LogP contribution in [0.1, 0.15) is 11.1 Å². The quantitative estimate of drug-likeness (QED) is 0.0404. The van der Waals surface area contributed by atoms with Gasteiger partial charge in [-0.1, -0.05) is 29.8 Å². The van der Waals surface area contributed by atoms with E-state index >= 15 is 35.1 Å². The van der Waals surface area contributed by atoms with E-state index in [1.165, 1.54) is 27.8 Å². The lowest BCUT2D eigenvalue weighted by Crippen LogP contribution is -2.81. The van der Waals surface area contributed by atoms with E-state index in [9.17, 15) is 57.8 Å². The molecule has 0 radical (unpaired) electrons. The summed E-state index contributed by atoms with van der Waals surface area (Å²) in [4.78, 5) is 1.26. The van der Waals surface area contributed by atoms with Crippen LogP contribution in [0.3, 0.4) is 0 Å². The van der Waals surface area contributed by atoms with Crippen molar-refractivity contribution in [2.24, 2.45) is 0 Å². The van der Waals surface area contributed by atoms with Gasteiger partial charge in [0.15, 0.2) is 74.7 Å². The van der Waals surface area contributed by atoms with Gasteiger partial charge in [-0.05, 0) is 36.8 Å². The van der Waals surface area contributed by atoms with Crippen molar-refractivity contribution in [3.63, 3.8) is 0 Å². The Balaban J connectivity index is 0.000000355. The average Bonchev–Trinajstić information content (AvgIpc) is 3.24. The van der Waals surface area contributed by atoms with E-state index in [4.69, 9.17) is 0 Å². The highest BCUT2D eigenvalue weighted by molar-refractivity contribution is 7.78. The predicted octanol–water partition coefficient (Wildman–Crippen LogP) is 8.96. The summed E-state index contributed by atoms with van der Waals surface area (Å²) in [6.07, 6.45) is -6.12. The number of hydrogen-bond acceptors (Lipinski definition) is 1. The molecule has 1 N–H and O–H groups in total. The van der Waals surface area contributed by atoms with Crippen molar-refractivity contribution in [2.75, 3.05) is 5.75 Å². The first-order valence-electron chi connectivity index (χ1n) is 16.7. The van der Waals surface area contributed by atoms with Gasteiger partial charge in [-0.2, -0.15) is 0 Å². The zero-order valence-electron chi connectivity index (χ0n) is 30.1. The SMILES string of the molecule is Cc1cccc(CC[SH+]c2ccc(O)cc2)c1.Fc1c(F)c(F)c([B-](c2c(F)c(F)c(F)c(F)c2F)(c2c(F)c(F)c(F)c(F)c2F)c2c(F)c(F)c(F)c(F)c2F)c(F)c1F. The van der Waals surface area contributed by atoms with Crippen LogP contribution in [0.4, 0.5) is 87.8 Å². The van der Waals surface area contributed by atoms with Crippen LogP contribution in [0.15, 0.2) is 53.4 Å². The van der Waals surface area contributed by atoms with Gasteiger partial charge in [0.05, 0.1) is 0 Å². The summed E-state index contributed by atoms with van der Waals surface area (Å²) in [5.74, 6) is -69.9. The molecule has 0 aromatic heterocycles. The number of rotatable bonds is 8. The smallest absolute Gasteiger partial charge is 0.200 e. The first kappa shape index (κ1) is 47.2. The standard InChI is InChI=1S/C24BF20.C15H16OS/c26-5-1(6(27)14(35)21(42)13(5)34)25(2-7(28)15(36)22(43)16(37)8(2)29,3-9(30)17(38)23(44)18(39)10(3)31)4-11(32)19(40)24(45)20(41)12(4)33;1-12-3-2-4-13(11-12)9-10-17-15-7-5-14(16)6-8-15/h;2-8,11,16H,9-10H2,1H3/q-1;/p+1. The Morgan fingerprint density at radius 3 is 0.935 bits per heavy atom. The first-order valence-corrected chi connectivity index (χ1v) is 17.8. The highest BCUT2D eigenvalue weighted by Gasteiger charge is 2.52. The summed E-state index contributed by atoms with van der Waals surface area (Å²) in [6.45, 7) is 2.13. The topological polar surface area (TPSA) is 20.2 Å². The predicted molar refractivity (Wildman–Crippen MR) is 184 cm³/mol. The molecule has 0 saturated heterocycles. The second-order valence-electron chi connectivity index (χ2n) is 12.9. The summed E-state index contributed by atoms with van der Waals surface area (Å²) >= 11 is 1.32. The Bertz CT molecular complexity index is 2360. The van der Waals surface area contributed by atoms with Crippen LogP contribution in [0.25, 0.3) is 0 Å². The van der Waals surface area contributed by atoms with Gasteiger partial charge in [-0.15, -0.1) is 21.9 Å². The Kier molecular flexibility index (Phi) is 13.6. The van der Waals surface area contributed by atoms with Gasteiger partial charge in [-0.3, -0.25) is 0 Å². The molecule has 0 atom stereocenters. The lowest BCUT2D eigenvalue weighted by molar-refractivity contribution is 0.378. The normalized spacial score (nSPS) is 11.6. The van der Waals surface area contributed by atoms with E-state index in [0.717, 1.165) is 12.2 Å². The van der Waals surface area contributed by atoms with Crippen LogP contribution in [0.5, 0.6) is 5.75 Å². The fourth-order valence-corrected chi connectivity index (χ4v) is 7.60. The largest absolute Gasteiger partial charge is 0.508 e. The third-order valence-electron chi connectivity index (χ3n) is 9.33. The van der Waals surface area contributed by atoms with Crippen LogP contribution < -0.4 is 21.9 Å². The number of phenolic OH excluding ortho intramolecular Hbond substituents is 1. The number of aromatic hydroxyl groups is 1.